The van der Waals surface area contributed by atoms with Crippen LogP contribution in [0.4, 0.5) is 5.69 Å². The molecule has 3 rings (SSSR count). The minimum Gasteiger partial charge on any atom is -0.506 e. The molecule has 3 aromatic rings. The van der Waals surface area contributed by atoms with Gasteiger partial charge in [-0.2, -0.15) is 5.16 Å². The summed E-state index contributed by atoms with van der Waals surface area (Å²) < 4.78 is 5.10. The molecule has 1 aromatic carbocycles. The van der Waals surface area contributed by atoms with E-state index in [1.165, 1.54) is 0 Å². The van der Waals surface area contributed by atoms with Crippen LogP contribution in [0.3, 0.4) is 0 Å². The molecule has 2 aromatic heterocycles. The highest BCUT2D eigenvalue weighted by atomic mass is 16.5. The number of rotatable bonds is 1. The summed E-state index contributed by atoms with van der Waals surface area (Å²) in [6, 6.07) is 5.12. The summed E-state index contributed by atoms with van der Waals surface area (Å²) in [6.07, 6.45) is 0. The topological polar surface area (TPSA) is 108 Å². The van der Waals surface area contributed by atoms with Crippen LogP contribution in [0.25, 0.3) is 22.2 Å². The summed E-state index contributed by atoms with van der Waals surface area (Å²) in [6.45, 7) is 1.82. The fraction of sp³-hybridized carbons (Fsp3) is 0.0833. The number of nitrogen functional groups attached to an aromatic ring is 1. The van der Waals surface area contributed by atoms with Gasteiger partial charge in [-0.15, -0.1) is 0 Å². The predicted molar refractivity (Wildman–Crippen MR) is 67.4 cm³/mol. The Hall–Kier alpha value is -2.63. The van der Waals surface area contributed by atoms with Gasteiger partial charge >= 0.3 is 5.56 Å². The average Bonchev–Trinajstić information content (AvgIpc) is 2.83. The molecule has 0 amide bonds. The molecule has 92 valence electrons. The molecule has 0 radical (unpaired) electrons. The van der Waals surface area contributed by atoms with Crippen LogP contribution in [-0.4, -0.2) is 15.2 Å². The molecule has 5 N–H and O–H groups in total. The maximum Gasteiger partial charge on any atom is 0.303 e. The van der Waals surface area contributed by atoms with E-state index in [2.05, 4.69) is 10.1 Å². The van der Waals surface area contributed by atoms with Gasteiger partial charge in [0, 0.05) is 11.1 Å². The van der Waals surface area contributed by atoms with Crippen molar-refractivity contribution in [2.75, 3.05) is 5.73 Å². The lowest BCUT2D eigenvalue weighted by Gasteiger charge is -1.97. The van der Waals surface area contributed by atoms with E-state index in [-0.39, 0.29) is 17.2 Å². The molecule has 18 heavy (non-hydrogen) atoms. The first kappa shape index (κ1) is 10.5. The van der Waals surface area contributed by atoms with Gasteiger partial charge in [0.25, 0.3) is 0 Å². The molecule has 0 bridgehead atoms. The van der Waals surface area contributed by atoms with Crippen molar-refractivity contribution in [2.45, 2.75) is 6.92 Å². The first-order chi connectivity index (χ1) is 8.59. The quantitative estimate of drug-likeness (QED) is 0.523. The number of aromatic hydroxyl groups is 1. The van der Waals surface area contributed by atoms with Crippen LogP contribution in [0, 0.1) is 6.92 Å². The number of hydrogen-bond donors (Lipinski definition) is 4. The number of fused-ring (bicyclic) bond motifs is 1. The molecule has 0 aliphatic rings. The van der Waals surface area contributed by atoms with E-state index in [0.717, 1.165) is 11.1 Å². The number of anilines is 1. The summed E-state index contributed by atoms with van der Waals surface area (Å²) in [5.41, 5.74) is 7.28. The molecule has 0 saturated carbocycles. The van der Waals surface area contributed by atoms with Gasteiger partial charge in [-0.05, 0) is 13.0 Å². The highest BCUT2D eigenvalue weighted by Gasteiger charge is 2.19. The second-order valence-corrected chi connectivity index (χ2v) is 4.10. The van der Waals surface area contributed by atoms with Crippen molar-refractivity contribution in [1.29, 1.82) is 0 Å². The van der Waals surface area contributed by atoms with Crippen LogP contribution >= 0.6 is 0 Å². The number of nitrogens with one attached hydrogen (secondary N) is 2. The maximum absolute atomic E-state index is 11.3. The second kappa shape index (κ2) is 3.43. The largest absolute Gasteiger partial charge is 0.506 e. The van der Waals surface area contributed by atoms with E-state index in [4.69, 9.17) is 10.3 Å². The summed E-state index contributed by atoms with van der Waals surface area (Å²) in [5, 5.41) is 12.7. The molecule has 0 unspecified atom stereocenters. The normalized spacial score (nSPS) is 11.2. The fourth-order valence-electron chi connectivity index (χ4n) is 2.12. The third kappa shape index (κ3) is 1.26. The van der Waals surface area contributed by atoms with E-state index in [0.29, 0.717) is 11.1 Å². The minimum atomic E-state index is -0.459. The Morgan fingerprint density at radius 3 is 2.83 bits per heavy atom. The van der Waals surface area contributed by atoms with Gasteiger partial charge < -0.3 is 20.3 Å². The van der Waals surface area contributed by atoms with Crippen LogP contribution in [0.15, 0.2) is 27.5 Å². The van der Waals surface area contributed by atoms with Crippen LogP contribution in [0.2, 0.25) is 0 Å². The van der Waals surface area contributed by atoms with Crippen LogP contribution in [0.5, 0.6) is 5.75 Å². The molecular weight excluding hydrogens is 234 g/mol. The maximum atomic E-state index is 11.3. The van der Waals surface area contributed by atoms with Crippen molar-refractivity contribution in [3.8, 4) is 17.1 Å². The molecule has 0 fully saturated rings. The lowest BCUT2D eigenvalue weighted by molar-refractivity contribution is 0.426. The van der Waals surface area contributed by atoms with Crippen LogP contribution in [-0.2, 0) is 0 Å². The van der Waals surface area contributed by atoms with Crippen molar-refractivity contribution >= 4 is 16.6 Å². The molecule has 0 aliphatic heterocycles. The van der Waals surface area contributed by atoms with Crippen molar-refractivity contribution in [3.63, 3.8) is 0 Å². The zero-order valence-electron chi connectivity index (χ0n) is 9.57. The minimum absolute atomic E-state index is 0.0299. The van der Waals surface area contributed by atoms with Crippen molar-refractivity contribution < 1.29 is 9.63 Å². The second-order valence-electron chi connectivity index (χ2n) is 4.10. The highest BCUT2D eigenvalue weighted by Crippen LogP contribution is 2.36. The number of para-hydroxylation sites is 1. The van der Waals surface area contributed by atoms with E-state index < -0.39 is 5.56 Å². The lowest BCUT2D eigenvalue weighted by Crippen LogP contribution is -2.04. The number of aromatic amines is 2. The van der Waals surface area contributed by atoms with E-state index in [9.17, 15) is 9.90 Å². The van der Waals surface area contributed by atoms with Gasteiger partial charge in [-0.25, -0.2) is 0 Å². The Morgan fingerprint density at radius 2 is 2.17 bits per heavy atom. The van der Waals surface area contributed by atoms with Crippen molar-refractivity contribution in [3.05, 3.63) is 34.2 Å². The van der Waals surface area contributed by atoms with Gasteiger partial charge in [0.05, 0.1) is 11.1 Å². The summed E-state index contributed by atoms with van der Waals surface area (Å²) in [4.78, 5) is 14.4. The molecule has 6 heteroatoms. The number of phenols is 1. The van der Waals surface area contributed by atoms with Gasteiger partial charge in [-0.3, -0.25) is 4.79 Å². The van der Waals surface area contributed by atoms with Crippen LogP contribution < -0.4 is 11.3 Å². The van der Waals surface area contributed by atoms with Gasteiger partial charge in [0.2, 0.25) is 0 Å². The first-order valence-electron chi connectivity index (χ1n) is 5.37. The molecule has 0 atom stereocenters. The van der Waals surface area contributed by atoms with Crippen molar-refractivity contribution in [1.82, 2.24) is 10.1 Å². The molecule has 0 saturated heterocycles. The Morgan fingerprint density at radius 1 is 1.39 bits per heavy atom. The van der Waals surface area contributed by atoms with Crippen molar-refractivity contribution in [2.24, 2.45) is 0 Å². The van der Waals surface area contributed by atoms with E-state index >= 15 is 0 Å². The number of phenolic OH excluding ortho intramolecular Hbond substituents is 1. The number of aryl methyl sites for hydroxylation is 1. The molecule has 2 heterocycles. The molecule has 0 aliphatic carbocycles. The zero-order chi connectivity index (χ0) is 12.9. The standard InChI is InChI=1S/C12H11N3O3/c1-5-8(11-9(13)12(17)15-18-11)6-3-2-4-7(16)10(6)14-5/h2-4,14,16H,13H2,1H3,(H,15,17). The summed E-state index contributed by atoms with van der Waals surface area (Å²) in [7, 11) is 0. The van der Waals surface area contributed by atoms with E-state index in [1.807, 2.05) is 13.0 Å². The third-order valence-electron chi connectivity index (χ3n) is 2.96. The fourth-order valence-corrected chi connectivity index (χ4v) is 2.12. The van der Waals surface area contributed by atoms with Crippen LogP contribution in [0.1, 0.15) is 5.69 Å². The Bertz CT molecular complexity index is 795. The predicted octanol–water partition coefficient (Wildman–Crippen LogP) is 1.71. The number of hydrogen-bond acceptors (Lipinski definition) is 4. The van der Waals surface area contributed by atoms with E-state index in [1.54, 1.807) is 12.1 Å². The van der Waals surface area contributed by atoms with Gasteiger partial charge in [-0.1, -0.05) is 12.1 Å². The van der Waals surface area contributed by atoms with Gasteiger partial charge in [0.1, 0.15) is 11.4 Å². The Kier molecular flexibility index (Phi) is 2.00. The molecule has 0 spiro atoms. The number of nitrogens with two attached hydrogens (primary N) is 1. The SMILES string of the molecule is Cc1[nH]c2c(O)cccc2c1-c1o[nH]c(=O)c1N. The average molecular weight is 245 g/mol. The highest BCUT2D eigenvalue weighted by molar-refractivity contribution is 6.00. The third-order valence-corrected chi connectivity index (χ3v) is 2.96. The zero-order valence-corrected chi connectivity index (χ0v) is 9.57. The number of H-pyrrole nitrogens is 2. The number of benzene rings is 1. The lowest BCUT2D eigenvalue weighted by atomic mass is 10.1. The number of aromatic nitrogens is 2. The monoisotopic (exact) mass is 245 g/mol. The Balaban J connectivity index is 2.43. The summed E-state index contributed by atoms with van der Waals surface area (Å²) >= 11 is 0. The summed E-state index contributed by atoms with van der Waals surface area (Å²) in [5.74, 6) is 0.424. The molecular formula is C12H11N3O3. The smallest absolute Gasteiger partial charge is 0.303 e. The first-order valence-corrected chi connectivity index (χ1v) is 5.37. The molecule has 6 nitrogen and oxygen atoms in total. The van der Waals surface area contributed by atoms with Gasteiger partial charge in [0.15, 0.2) is 5.76 Å². The Labute approximate surface area is 101 Å².